The van der Waals surface area contributed by atoms with Crippen LogP contribution in [-0.2, 0) is 4.74 Å². The van der Waals surface area contributed by atoms with E-state index in [0.717, 1.165) is 4.68 Å². The Kier molecular flexibility index (Phi) is 4.18. The highest BCUT2D eigenvalue weighted by Crippen LogP contribution is 2.12. The van der Waals surface area contributed by atoms with Crippen LogP contribution in [0.4, 0.5) is 4.79 Å². The van der Waals surface area contributed by atoms with Crippen LogP contribution in [0, 0.1) is 0 Å². The molecular formula is C11H19BN2O4. The summed E-state index contributed by atoms with van der Waals surface area (Å²) in [7, 11) is -1.65. The Balaban J connectivity index is 3.05. The second-order valence-corrected chi connectivity index (χ2v) is 5.42. The first-order chi connectivity index (χ1) is 8.11. The van der Waals surface area contributed by atoms with E-state index in [2.05, 4.69) is 5.10 Å². The van der Waals surface area contributed by atoms with Crippen LogP contribution in [0.25, 0.3) is 0 Å². The maximum atomic E-state index is 11.8. The van der Waals surface area contributed by atoms with Crippen LogP contribution in [0.1, 0.15) is 46.2 Å². The first kappa shape index (κ1) is 14.7. The number of rotatable bonds is 2. The molecule has 18 heavy (non-hydrogen) atoms. The van der Waals surface area contributed by atoms with Crippen LogP contribution in [0.5, 0.6) is 0 Å². The molecule has 0 aliphatic carbocycles. The van der Waals surface area contributed by atoms with E-state index in [0.29, 0.717) is 5.69 Å². The van der Waals surface area contributed by atoms with E-state index in [1.807, 2.05) is 13.8 Å². The summed E-state index contributed by atoms with van der Waals surface area (Å²) in [5.41, 5.74) is 0.0608. The zero-order valence-electron chi connectivity index (χ0n) is 11.3. The number of hydrogen-bond donors (Lipinski definition) is 2. The highest BCUT2D eigenvalue weighted by Gasteiger charge is 2.26. The zero-order chi connectivity index (χ0) is 14.1. The molecule has 1 rings (SSSR count). The van der Waals surface area contributed by atoms with Crippen LogP contribution >= 0.6 is 0 Å². The molecule has 0 unspecified atom stereocenters. The highest BCUT2D eigenvalue weighted by molar-refractivity contribution is 6.59. The minimum Gasteiger partial charge on any atom is -0.442 e. The van der Waals surface area contributed by atoms with Crippen molar-refractivity contribution in [3.05, 3.63) is 11.9 Å². The Morgan fingerprint density at radius 2 is 2.00 bits per heavy atom. The van der Waals surface area contributed by atoms with Gasteiger partial charge in [-0.25, -0.2) is 4.79 Å². The minimum absolute atomic E-state index is 0.0227. The Labute approximate surface area is 107 Å². The standard InChI is InChI=1S/C11H19BN2O4/c1-7(2)9-8(12(16)17)6-14(13-9)10(15)18-11(3,4)5/h6-7,16-17H,1-5H3. The van der Waals surface area contributed by atoms with Crippen molar-refractivity contribution in [2.24, 2.45) is 0 Å². The molecular weight excluding hydrogens is 235 g/mol. The molecule has 0 fully saturated rings. The summed E-state index contributed by atoms with van der Waals surface area (Å²) in [6.45, 7) is 8.96. The van der Waals surface area contributed by atoms with E-state index < -0.39 is 18.8 Å². The molecule has 6 nitrogen and oxygen atoms in total. The van der Waals surface area contributed by atoms with Crippen molar-refractivity contribution in [2.45, 2.75) is 46.1 Å². The van der Waals surface area contributed by atoms with Crippen molar-refractivity contribution in [1.82, 2.24) is 9.78 Å². The summed E-state index contributed by atoms with van der Waals surface area (Å²) < 4.78 is 6.15. The van der Waals surface area contributed by atoms with E-state index in [1.54, 1.807) is 20.8 Å². The molecule has 100 valence electrons. The minimum atomic E-state index is -1.65. The van der Waals surface area contributed by atoms with E-state index in [4.69, 9.17) is 4.74 Å². The highest BCUT2D eigenvalue weighted by atomic mass is 16.6. The Hall–Kier alpha value is -1.34. The second-order valence-electron chi connectivity index (χ2n) is 5.42. The van der Waals surface area contributed by atoms with Gasteiger partial charge in [-0.15, -0.1) is 0 Å². The van der Waals surface area contributed by atoms with Gasteiger partial charge in [-0.2, -0.15) is 9.78 Å². The van der Waals surface area contributed by atoms with Crippen LogP contribution in [-0.4, -0.2) is 38.6 Å². The van der Waals surface area contributed by atoms with Gasteiger partial charge in [0.25, 0.3) is 0 Å². The fourth-order valence-corrected chi connectivity index (χ4v) is 1.45. The lowest BCUT2D eigenvalue weighted by atomic mass is 9.78. The molecule has 0 atom stereocenters. The average Bonchev–Trinajstić information content (AvgIpc) is 2.58. The fraction of sp³-hybridized carbons (Fsp3) is 0.636. The fourth-order valence-electron chi connectivity index (χ4n) is 1.45. The molecule has 0 saturated carbocycles. The van der Waals surface area contributed by atoms with Gasteiger partial charge in [0.1, 0.15) is 5.60 Å². The van der Waals surface area contributed by atoms with E-state index in [-0.39, 0.29) is 11.4 Å². The van der Waals surface area contributed by atoms with Crippen molar-refractivity contribution >= 4 is 18.7 Å². The van der Waals surface area contributed by atoms with E-state index in [9.17, 15) is 14.8 Å². The predicted molar refractivity (Wildman–Crippen MR) is 67.8 cm³/mol. The molecule has 0 saturated heterocycles. The summed E-state index contributed by atoms with van der Waals surface area (Å²) in [6.07, 6.45) is 0.643. The number of hydrogen-bond acceptors (Lipinski definition) is 5. The Morgan fingerprint density at radius 1 is 1.44 bits per heavy atom. The summed E-state index contributed by atoms with van der Waals surface area (Å²) in [4.78, 5) is 11.8. The van der Waals surface area contributed by atoms with E-state index in [1.165, 1.54) is 6.20 Å². The van der Waals surface area contributed by atoms with Gasteiger partial charge in [-0.05, 0) is 26.7 Å². The van der Waals surface area contributed by atoms with Crippen LogP contribution in [0.2, 0.25) is 0 Å². The molecule has 0 amide bonds. The zero-order valence-corrected chi connectivity index (χ0v) is 11.3. The third kappa shape index (κ3) is 3.58. The lowest BCUT2D eigenvalue weighted by Crippen LogP contribution is -2.32. The predicted octanol–water partition coefficient (Wildman–Crippen LogP) is 0.469. The molecule has 0 bridgehead atoms. The maximum absolute atomic E-state index is 11.8. The van der Waals surface area contributed by atoms with Gasteiger partial charge in [0.15, 0.2) is 0 Å². The number of carbonyl (C=O) groups is 1. The molecule has 1 aromatic heterocycles. The van der Waals surface area contributed by atoms with Crippen LogP contribution in [0.15, 0.2) is 6.20 Å². The summed E-state index contributed by atoms with van der Waals surface area (Å²) in [5, 5.41) is 22.5. The topological polar surface area (TPSA) is 84.6 Å². The smallest absolute Gasteiger partial charge is 0.442 e. The van der Waals surface area contributed by atoms with Crippen molar-refractivity contribution in [1.29, 1.82) is 0 Å². The second kappa shape index (κ2) is 5.11. The largest absolute Gasteiger partial charge is 0.491 e. The van der Waals surface area contributed by atoms with Gasteiger partial charge in [-0.1, -0.05) is 13.8 Å². The first-order valence-electron chi connectivity index (χ1n) is 5.80. The molecule has 0 radical (unpaired) electrons. The molecule has 0 spiro atoms. The molecule has 7 heteroatoms. The molecule has 0 aromatic carbocycles. The van der Waals surface area contributed by atoms with Crippen LogP contribution in [0.3, 0.4) is 0 Å². The Morgan fingerprint density at radius 3 is 2.33 bits per heavy atom. The summed E-state index contributed by atoms with van der Waals surface area (Å²) >= 11 is 0. The average molecular weight is 254 g/mol. The monoisotopic (exact) mass is 254 g/mol. The number of aromatic nitrogens is 2. The first-order valence-corrected chi connectivity index (χ1v) is 5.80. The SMILES string of the molecule is CC(C)c1nn(C(=O)OC(C)(C)C)cc1B(O)O. The van der Waals surface area contributed by atoms with Gasteiger partial charge >= 0.3 is 13.2 Å². The van der Waals surface area contributed by atoms with Crippen molar-refractivity contribution in [3.63, 3.8) is 0 Å². The quantitative estimate of drug-likeness (QED) is 0.749. The lowest BCUT2D eigenvalue weighted by Gasteiger charge is -2.18. The maximum Gasteiger partial charge on any atom is 0.491 e. The Bertz CT molecular complexity index is 409. The summed E-state index contributed by atoms with van der Waals surface area (Å²) in [5.74, 6) is -0.0227. The van der Waals surface area contributed by atoms with Gasteiger partial charge in [-0.3, -0.25) is 0 Å². The lowest BCUT2D eigenvalue weighted by molar-refractivity contribution is 0.0514. The number of ether oxygens (including phenoxy) is 1. The molecule has 1 heterocycles. The summed E-state index contributed by atoms with van der Waals surface area (Å²) in [6, 6.07) is 0. The molecule has 0 aliphatic rings. The molecule has 0 aliphatic heterocycles. The van der Waals surface area contributed by atoms with Gasteiger partial charge in [0, 0.05) is 11.7 Å². The molecule has 2 N–H and O–H groups in total. The van der Waals surface area contributed by atoms with Crippen LogP contribution < -0.4 is 5.46 Å². The third-order valence-corrected chi connectivity index (χ3v) is 2.18. The van der Waals surface area contributed by atoms with Crippen molar-refractivity contribution in [2.75, 3.05) is 0 Å². The molecule has 1 aromatic rings. The van der Waals surface area contributed by atoms with Gasteiger partial charge in [0.05, 0.1) is 5.69 Å². The van der Waals surface area contributed by atoms with E-state index >= 15 is 0 Å². The third-order valence-electron chi connectivity index (χ3n) is 2.18. The van der Waals surface area contributed by atoms with Gasteiger partial charge in [0.2, 0.25) is 0 Å². The van der Waals surface area contributed by atoms with Crippen molar-refractivity contribution < 1.29 is 19.6 Å². The normalized spacial score (nSPS) is 11.8. The van der Waals surface area contributed by atoms with Crippen molar-refractivity contribution in [3.8, 4) is 0 Å². The number of carbonyl (C=O) groups excluding carboxylic acids is 1. The van der Waals surface area contributed by atoms with Gasteiger partial charge < -0.3 is 14.8 Å². The number of nitrogens with zero attached hydrogens (tertiary/aromatic N) is 2.